The second kappa shape index (κ2) is 6.96. The molecule has 0 fully saturated rings. The number of nitrogens with one attached hydrogen (secondary N) is 1. The number of methoxy groups -OCH3 is 1. The van der Waals surface area contributed by atoms with Gasteiger partial charge in [-0.05, 0) is 13.0 Å². The Morgan fingerprint density at radius 2 is 2.17 bits per heavy atom. The van der Waals surface area contributed by atoms with Gasteiger partial charge in [0.1, 0.15) is 0 Å². The number of rotatable bonds is 7. The molecule has 1 rings (SSSR count). The Morgan fingerprint density at radius 1 is 1.44 bits per heavy atom. The molecule has 0 radical (unpaired) electrons. The van der Waals surface area contributed by atoms with Crippen molar-refractivity contribution in [3.63, 3.8) is 0 Å². The first-order valence-electron chi connectivity index (χ1n) is 5.55. The summed E-state index contributed by atoms with van der Waals surface area (Å²) in [5.74, 6) is 0.361. The maximum Gasteiger partial charge on any atom is 0.387 e. The van der Waals surface area contributed by atoms with Crippen LogP contribution in [0, 0.1) is 0 Å². The zero-order valence-electron chi connectivity index (χ0n) is 10.5. The van der Waals surface area contributed by atoms with Gasteiger partial charge in [0.2, 0.25) is 0 Å². The molecule has 1 unspecified atom stereocenters. The van der Waals surface area contributed by atoms with E-state index < -0.39 is 6.61 Å². The zero-order chi connectivity index (χ0) is 13.5. The predicted octanol–water partition coefficient (Wildman–Crippen LogP) is 2.96. The molecule has 1 aromatic carbocycles. The summed E-state index contributed by atoms with van der Waals surface area (Å²) >= 11 is 0. The number of para-hydroxylation sites is 1. The van der Waals surface area contributed by atoms with Crippen molar-refractivity contribution in [2.45, 2.75) is 26.1 Å². The van der Waals surface area contributed by atoms with E-state index in [0.29, 0.717) is 17.9 Å². The number of benzene rings is 1. The molecule has 0 aliphatic rings. The fourth-order valence-corrected chi connectivity index (χ4v) is 1.44. The molecule has 0 saturated heterocycles. The minimum Gasteiger partial charge on any atom is -0.493 e. The van der Waals surface area contributed by atoms with Crippen LogP contribution in [0.2, 0.25) is 0 Å². The molecular weight excluding hydrogens is 240 g/mol. The predicted molar refractivity (Wildman–Crippen MR) is 66.1 cm³/mol. The average Bonchev–Trinajstić information content (AvgIpc) is 2.36. The van der Waals surface area contributed by atoms with E-state index in [-0.39, 0.29) is 11.8 Å². The summed E-state index contributed by atoms with van der Waals surface area (Å²) in [7, 11) is 1.41. The van der Waals surface area contributed by atoms with Crippen molar-refractivity contribution in [3.8, 4) is 11.5 Å². The van der Waals surface area contributed by atoms with Crippen LogP contribution in [-0.4, -0.2) is 19.8 Å². The molecule has 1 N–H and O–H groups in total. The molecule has 0 saturated carbocycles. The van der Waals surface area contributed by atoms with Gasteiger partial charge in [-0.2, -0.15) is 8.78 Å². The Hall–Kier alpha value is -1.62. The van der Waals surface area contributed by atoms with E-state index in [1.807, 2.05) is 6.92 Å². The Morgan fingerprint density at radius 3 is 2.72 bits per heavy atom. The van der Waals surface area contributed by atoms with Crippen LogP contribution in [0.5, 0.6) is 11.5 Å². The van der Waals surface area contributed by atoms with Crippen LogP contribution in [-0.2, 0) is 6.54 Å². The zero-order valence-corrected chi connectivity index (χ0v) is 10.5. The number of hydrogen-bond donors (Lipinski definition) is 1. The molecule has 18 heavy (non-hydrogen) atoms. The molecule has 0 aliphatic heterocycles. The lowest BCUT2D eigenvalue weighted by Crippen LogP contribution is -2.23. The van der Waals surface area contributed by atoms with Gasteiger partial charge >= 0.3 is 6.61 Å². The molecule has 3 nitrogen and oxygen atoms in total. The van der Waals surface area contributed by atoms with E-state index in [1.54, 1.807) is 24.3 Å². The average molecular weight is 257 g/mol. The first kappa shape index (κ1) is 14.4. The van der Waals surface area contributed by atoms with Crippen LogP contribution in [0.3, 0.4) is 0 Å². The summed E-state index contributed by atoms with van der Waals surface area (Å²) in [6.45, 7) is 3.07. The summed E-state index contributed by atoms with van der Waals surface area (Å²) in [6.07, 6.45) is 1.73. The van der Waals surface area contributed by atoms with Crippen molar-refractivity contribution >= 4 is 0 Å². The molecule has 0 heterocycles. The van der Waals surface area contributed by atoms with Crippen molar-refractivity contribution in [2.75, 3.05) is 7.11 Å². The summed E-state index contributed by atoms with van der Waals surface area (Å²) in [5, 5.41) is 3.12. The van der Waals surface area contributed by atoms with Crippen molar-refractivity contribution in [3.05, 3.63) is 36.4 Å². The fraction of sp³-hybridized carbons (Fsp3) is 0.385. The van der Waals surface area contributed by atoms with E-state index in [2.05, 4.69) is 16.6 Å². The Bertz CT molecular complexity index is 397. The van der Waals surface area contributed by atoms with E-state index in [0.717, 1.165) is 0 Å². The maximum absolute atomic E-state index is 12.4. The van der Waals surface area contributed by atoms with Crippen LogP contribution in [0.25, 0.3) is 0 Å². The largest absolute Gasteiger partial charge is 0.493 e. The number of alkyl halides is 2. The molecule has 0 bridgehead atoms. The number of hydrogen-bond acceptors (Lipinski definition) is 3. The lowest BCUT2D eigenvalue weighted by atomic mass is 10.1. The van der Waals surface area contributed by atoms with Gasteiger partial charge in [-0.3, -0.25) is 0 Å². The lowest BCUT2D eigenvalue weighted by Gasteiger charge is -2.16. The van der Waals surface area contributed by atoms with Gasteiger partial charge in [0.15, 0.2) is 11.5 Å². The third-order valence-electron chi connectivity index (χ3n) is 2.46. The molecule has 0 amide bonds. The third kappa shape index (κ3) is 4.00. The van der Waals surface area contributed by atoms with Crippen molar-refractivity contribution in [1.29, 1.82) is 0 Å². The quantitative estimate of drug-likeness (QED) is 0.762. The van der Waals surface area contributed by atoms with E-state index in [9.17, 15) is 8.78 Å². The summed E-state index contributed by atoms with van der Waals surface area (Å²) in [6, 6.07) is 5.10. The minimum absolute atomic E-state index is 0.0683. The van der Waals surface area contributed by atoms with Crippen LogP contribution in [0.15, 0.2) is 30.9 Å². The minimum atomic E-state index is -2.88. The third-order valence-corrected chi connectivity index (χ3v) is 2.46. The fourth-order valence-electron chi connectivity index (χ4n) is 1.44. The molecule has 100 valence electrons. The molecule has 1 aromatic rings. The normalized spacial score (nSPS) is 12.3. The first-order valence-corrected chi connectivity index (χ1v) is 5.55. The van der Waals surface area contributed by atoms with Gasteiger partial charge in [-0.25, -0.2) is 0 Å². The van der Waals surface area contributed by atoms with Crippen molar-refractivity contribution in [1.82, 2.24) is 5.32 Å². The Kier molecular flexibility index (Phi) is 5.58. The van der Waals surface area contributed by atoms with Gasteiger partial charge in [-0.1, -0.05) is 18.2 Å². The smallest absolute Gasteiger partial charge is 0.387 e. The molecule has 1 atom stereocenters. The topological polar surface area (TPSA) is 30.5 Å². The maximum atomic E-state index is 12.4. The van der Waals surface area contributed by atoms with Crippen molar-refractivity contribution in [2.24, 2.45) is 0 Å². The number of halogens is 2. The Labute approximate surface area is 105 Å². The van der Waals surface area contributed by atoms with E-state index in [1.165, 1.54) is 7.11 Å². The highest BCUT2D eigenvalue weighted by Crippen LogP contribution is 2.32. The SMILES string of the molecule is C=CC(C)NCc1cccc(OC)c1OC(F)F. The summed E-state index contributed by atoms with van der Waals surface area (Å²) < 4.78 is 34.3. The summed E-state index contributed by atoms with van der Waals surface area (Å²) in [5.41, 5.74) is 0.614. The van der Waals surface area contributed by atoms with Gasteiger partial charge in [0.25, 0.3) is 0 Å². The van der Waals surface area contributed by atoms with E-state index in [4.69, 9.17) is 4.74 Å². The molecule has 5 heteroatoms. The van der Waals surface area contributed by atoms with Gasteiger partial charge in [0.05, 0.1) is 7.11 Å². The van der Waals surface area contributed by atoms with Gasteiger partial charge in [0, 0.05) is 18.2 Å². The van der Waals surface area contributed by atoms with Gasteiger partial charge < -0.3 is 14.8 Å². The summed E-state index contributed by atoms with van der Waals surface area (Å²) in [4.78, 5) is 0. The molecule has 0 aromatic heterocycles. The number of ether oxygens (including phenoxy) is 2. The highest BCUT2D eigenvalue weighted by atomic mass is 19.3. The second-order valence-electron chi connectivity index (χ2n) is 3.73. The van der Waals surface area contributed by atoms with Crippen LogP contribution in [0.1, 0.15) is 12.5 Å². The van der Waals surface area contributed by atoms with Crippen LogP contribution < -0.4 is 14.8 Å². The highest BCUT2D eigenvalue weighted by molar-refractivity contribution is 5.46. The van der Waals surface area contributed by atoms with Crippen molar-refractivity contribution < 1.29 is 18.3 Å². The van der Waals surface area contributed by atoms with E-state index >= 15 is 0 Å². The molecule has 0 spiro atoms. The lowest BCUT2D eigenvalue weighted by molar-refractivity contribution is -0.0518. The molecule has 0 aliphatic carbocycles. The Balaban J connectivity index is 2.90. The van der Waals surface area contributed by atoms with Crippen LogP contribution in [0.4, 0.5) is 8.78 Å². The van der Waals surface area contributed by atoms with Crippen LogP contribution >= 0.6 is 0 Å². The second-order valence-corrected chi connectivity index (χ2v) is 3.73. The first-order chi connectivity index (χ1) is 8.58. The highest BCUT2D eigenvalue weighted by Gasteiger charge is 2.15. The monoisotopic (exact) mass is 257 g/mol. The van der Waals surface area contributed by atoms with Gasteiger partial charge in [-0.15, -0.1) is 6.58 Å². The molecular formula is C13H17F2NO2. The standard InChI is InChI=1S/C13H17F2NO2/c1-4-9(2)16-8-10-6-5-7-11(17-3)12(10)18-13(14)15/h4-7,9,13,16H,1,8H2,2-3H3.